The topological polar surface area (TPSA) is 79.1 Å². The summed E-state index contributed by atoms with van der Waals surface area (Å²) in [5.41, 5.74) is 5.44. The third-order valence-electron chi connectivity index (χ3n) is 2.03. The lowest BCUT2D eigenvalue weighted by Crippen LogP contribution is -2.31. The number of hydrogen-bond donors (Lipinski definition) is 3. The van der Waals surface area contributed by atoms with Crippen LogP contribution < -0.4 is 5.73 Å². The minimum atomic E-state index is -0.956. The van der Waals surface area contributed by atoms with Gasteiger partial charge in [-0.05, 0) is 12.1 Å². The first kappa shape index (κ1) is 9.23. The van der Waals surface area contributed by atoms with Gasteiger partial charge in [-0.3, -0.25) is 4.79 Å². The summed E-state index contributed by atoms with van der Waals surface area (Å²) in [5.74, 6) is -0.956. The van der Waals surface area contributed by atoms with Gasteiger partial charge < -0.3 is 15.8 Å². The normalized spacial score (nSPS) is 13.2. The van der Waals surface area contributed by atoms with Crippen molar-refractivity contribution in [3.63, 3.8) is 0 Å². The van der Waals surface area contributed by atoms with Crippen molar-refractivity contribution in [2.45, 2.75) is 12.5 Å². The van der Waals surface area contributed by atoms with E-state index >= 15 is 0 Å². The van der Waals surface area contributed by atoms with E-state index < -0.39 is 12.0 Å². The van der Waals surface area contributed by atoms with Crippen molar-refractivity contribution in [3.8, 4) is 0 Å². The number of carboxylic acid groups (broad SMARTS) is 1. The molecule has 4 nitrogen and oxygen atoms in total. The number of hydrogen-bond acceptors (Lipinski definition) is 3. The second-order valence-electron chi connectivity index (χ2n) is 3.12. The van der Waals surface area contributed by atoms with Crippen molar-refractivity contribution in [2.24, 2.45) is 5.73 Å². The first-order valence-corrected chi connectivity index (χ1v) is 5.02. The number of fused-ring (bicyclic) bond motifs is 1. The fourth-order valence-corrected chi connectivity index (χ4v) is 2.39. The Morgan fingerprint density at radius 2 is 2.50 bits per heavy atom. The molecule has 14 heavy (non-hydrogen) atoms. The van der Waals surface area contributed by atoms with E-state index in [1.165, 1.54) is 0 Å². The van der Waals surface area contributed by atoms with E-state index in [4.69, 9.17) is 10.8 Å². The highest BCUT2D eigenvalue weighted by molar-refractivity contribution is 7.18. The number of aromatic amines is 1. The molecule has 0 aromatic carbocycles. The SMILES string of the molecule is NC(Cc1cc2cc[nH]c2s1)C(=O)O. The minimum absolute atomic E-state index is 0.391. The summed E-state index contributed by atoms with van der Waals surface area (Å²) in [4.78, 5) is 15.7. The van der Waals surface area contributed by atoms with Crippen LogP contribution in [0.5, 0.6) is 0 Å². The molecule has 2 aromatic heterocycles. The van der Waals surface area contributed by atoms with Crippen molar-refractivity contribution in [3.05, 3.63) is 23.2 Å². The van der Waals surface area contributed by atoms with Crippen LogP contribution >= 0.6 is 11.3 Å². The second kappa shape index (κ2) is 3.43. The summed E-state index contributed by atoms with van der Waals surface area (Å²) in [6.45, 7) is 0. The molecule has 4 N–H and O–H groups in total. The van der Waals surface area contributed by atoms with Crippen LogP contribution in [-0.2, 0) is 11.2 Å². The van der Waals surface area contributed by atoms with E-state index in [-0.39, 0.29) is 0 Å². The quantitative estimate of drug-likeness (QED) is 0.711. The molecule has 0 aliphatic heterocycles. The third-order valence-corrected chi connectivity index (χ3v) is 3.13. The Bertz CT molecular complexity index is 432. The molecule has 0 spiro atoms. The molecule has 0 aliphatic carbocycles. The molecule has 1 atom stereocenters. The van der Waals surface area contributed by atoms with Crippen LogP contribution in [0.1, 0.15) is 4.88 Å². The maximum absolute atomic E-state index is 10.5. The molecule has 2 heterocycles. The molecule has 0 saturated carbocycles. The number of carboxylic acids is 1. The maximum Gasteiger partial charge on any atom is 0.320 e. The number of nitrogens with one attached hydrogen (secondary N) is 1. The number of aliphatic carboxylic acids is 1. The van der Waals surface area contributed by atoms with Crippen LogP contribution in [0.3, 0.4) is 0 Å². The summed E-state index contributed by atoms with van der Waals surface area (Å²) >= 11 is 1.55. The molecule has 0 aliphatic rings. The number of thiophene rings is 1. The molecule has 74 valence electrons. The Labute approximate surface area is 84.4 Å². The zero-order valence-corrected chi connectivity index (χ0v) is 8.17. The molecular formula is C9H10N2O2S. The van der Waals surface area contributed by atoms with E-state index in [0.717, 1.165) is 15.1 Å². The highest BCUT2D eigenvalue weighted by Crippen LogP contribution is 2.24. The first-order valence-electron chi connectivity index (χ1n) is 4.21. The van der Waals surface area contributed by atoms with Crippen molar-refractivity contribution in [1.29, 1.82) is 0 Å². The van der Waals surface area contributed by atoms with Gasteiger partial charge in [0.25, 0.3) is 0 Å². The smallest absolute Gasteiger partial charge is 0.320 e. The van der Waals surface area contributed by atoms with Gasteiger partial charge in [-0.1, -0.05) is 0 Å². The van der Waals surface area contributed by atoms with E-state index in [1.54, 1.807) is 11.3 Å². The minimum Gasteiger partial charge on any atom is -0.480 e. The Balaban J connectivity index is 2.19. The zero-order chi connectivity index (χ0) is 10.1. The van der Waals surface area contributed by atoms with Crippen molar-refractivity contribution >= 4 is 27.5 Å². The van der Waals surface area contributed by atoms with Gasteiger partial charge >= 0.3 is 5.97 Å². The van der Waals surface area contributed by atoms with Crippen LogP contribution in [0, 0.1) is 0 Å². The van der Waals surface area contributed by atoms with Crippen LogP contribution in [0.4, 0.5) is 0 Å². The molecule has 1 unspecified atom stereocenters. The summed E-state index contributed by atoms with van der Waals surface area (Å²) in [6, 6.07) is 3.12. The summed E-state index contributed by atoms with van der Waals surface area (Å²) in [7, 11) is 0. The number of aromatic nitrogens is 1. The van der Waals surface area contributed by atoms with Crippen LogP contribution in [0.15, 0.2) is 18.3 Å². The Hall–Kier alpha value is -1.33. The second-order valence-corrected chi connectivity index (χ2v) is 4.26. The fourth-order valence-electron chi connectivity index (χ4n) is 1.31. The summed E-state index contributed by atoms with van der Waals surface area (Å²) in [5, 5.41) is 9.75. The lowest BCUT2D eigenvalue weighted by atomic mass is 10.2. The van der Waals surface area contributed by atoms with Gasteiger partial charge in [-0.15, -0.1) is 11.3 Å². The standard InChI is InChI=1S/C9H10N2O2S/c10-7(9(12)13)4-6-3-5-1-2-11-8(5)14-6/h1-3,7,11H,4,10H2,(H,12,13). The molecule has 2 rings (SSSR count). The third kappa shape index (κ3) is 1.64. The average molecular weight is 210 g/mol. The Kier molecular flexibility index (Phi) is 2.26. The molecule has 0 radical (unpaired) electrons. The van der Waals surface area contributed by atoms with Crippen molar-refractivity contribution in [2.75, 3.05) is 0 Å². The molecule has 2 aromatic rings. The van der Waals surface area contributed by atoms with E-state index in [1.807, 2.05) is 18.3 Å². The first-order chi connectivity index (χ1) is 6.66. The molecule has 0 saturated heterocycles. The number of rotatable bonds is 3. The summed E-state index contributed by atoms with van der Waals surface area (Å²) in [6.07, 6.45) is 2.25. The Morgan fingerprint density at radius 1 is 1.71 bits per heavy atom. The number of carbonyl (C=O) groups is 1. The molecule has 5 heteroatoms. The molecule has 0 amide bonds. The van der Waals surface area contributed by atoms with Crippen LogP contribution in [-0.4, -0.2) is 22.1 Å². The number of H-pyrrole nitrogens is 1. The Morgan fingerprint density at radius 3 is 3.14 bits per heavy atom. The fraction of sp³-hybridized carbons (Fsp3) is 0.222. The highest BCUT2D eigenvalue weighted by Gasteiger charge is 2.13. The van der Waals surface area contributed by atoms with Gasteiger partial charge in [0.05, 0.1) is 4.83 Å². The largest absolute Gasteiger partial charge is 0.480 e. The lowest BCUT2D eigenvalue weighted by molar-refractivity contribution is -0.138. The predicted molar refractivity (Wildman–Crippen MR) is 55.5 cm³/mol. The summed E-state index contributed by atoms with van der Waals surface area (Å²) < 4.78 is 0. The van der Waals surface area contributed by atoms with Gasteiger partial charge in [0.1, 0.15) is 6.04 Å². The zero-order valence-electron chi connectivity index (χ0n) is 7.36. The monoisotopic (exact) mass is 210 g/mol. The van der Waals surface area contributed by atoms with Gasteiger partial charge in [0, 0.05) is 22.9 Å². The van der Waals surface area contributed by atoms with E-state index in [9.17, 15) is 4.79 Å². The van der Waals surface area contributed by atoms with Crippen LogP contribution in [0.2, 0.25) is 0 Å². The highest BCUT2D eigenvalue weighted by atomic mass is 32.1. The molecule has 0 fully saturated rings. The van der Waals surface area contributed by atoms with Crippen molar-refractivity contribution < 1.29 is 9.90 Å². The van der Waals surface area contributed by atoms with Gasteiger partial charge in [0.2, 0.25) is 0 Å². The van der Waals surface area contributed by atoms with Crippen molar-refractivity contribution in [1.82, 2.24) is 4.98 Å². The van der Waals surface area contributed by atoms with Crippen LogP contribution in [0.25, 0.3) is 10.2 Å². The van der Waals surface area contributed by atoms with Gasteiger partial charge in [0.15, 0.2) is 0 Å². The molecular weight excluding hydrogens is 200 g/mol. The predicted octanol–water partition coefficient (Wildman–Crippen LogP) is 1.18. The van der Waals surface area contributed by atoms with E-state index in [2.05, 4.69) is 4.98 Å². The van der Waals surface area contributed by atoms with Gasteiger partial charge in [-0.25, -0.2) is 0 Å². The average Bonchev–Trinajstić information content (AvgIpc) is 2.63. The molecule has 0 bridgehead atoms. The maximum atomic E-state index is 10.5. The number of nitrogens with two attached hydrogens (primary N) is 1. The van der Waals surface area contributed by atoms with Gasteiger partial charge in [-0.2, -0.15) is 0 Å². The lowest BCUT2D eigenvalue weighted by Gasteiger charge is -2.02. The van der Waals surface area contributed by atoms with E-state index in [0.29, 0.717) is 6.42 Å².